The number of rotatable bonds is 7. The van der Waals surface area contributed by atoms with Crippen LogP contribution in [0.3, 0.4) is 0 Å². The Kier molecular flexibility index (Phi) is 6.13. The van der Waals surface area contributed by atoms with Gasteiger partial charge in [-0.2, -0.15) is 0 Å². The Labute approximate surface area is 177 Å². The van der Waals surface area contributed by atoms with Gasteiger partial charge in [0.2, 0.25) is 10.0 Å². The molecule has 0 saturated heterocycles. The average Bonchev–Trinajstić information content (AvgIpc) is 3.44. The minimum Gasteiger partial charge on any atom is -0.337 e. The zero-order valence-electron chi connectivity index (χ0n) is 15.3. The van der Waals surface area contributed by atoms with E-state index in [0.717, 1.165) is 18.9 Å². The number of nitro groups is 1. The summed E-state index contributed by atoms with van der Waals surface area (Å²) in [6, 6.07) is 8.25. The second-order valence-electron chi connectivity index (χ2n) is 6.71. The van der Waals surface area contributed by atoms with Crippen molar-refractivity contribution in [3.63, 3.8) is 0 Å². The zero-order chi connectivity index (χ0) is 21.3. The van der Waals surface area contributed by atoms with Crippen LogP contribution in [0.2, 0.25) is 10.0 Å². The lowest BCUT2D eigenvalue weighted by Gasteiger charge is -2.19. The Hall–Kier alpha value is -2.20. The van der Waals surface area contributed by atoms with Crippen molar-refractivity contribution in [1.82, 2.24) is 9.62 Å². The number of halogens is 2. The molecule has 1 aliphatic carbocycles. The van der Waals surface area contributed by atoms with Crippen LogP contribution in [-0.4, -0.2) is 37.2 Å². The van der Waals surface area contributed by atoms with Gasteiger partial charge in [0.25, 0.3) is 11.6 Å². The number of carbonyl (C=O) groups excluding carboxylic acids is 1. The lowest BCUT2D eigenvalue weighted by atomic mass is 10.1. The Balaban J connectivity index is 1.90. The van der Waals surface area contributed by atoms with Gasteiger partial charge in [-0.3, -0.25) is 14.9 Å². The van der Waals surface area contributed by atoms with E-state index in [-0.39, 0.29) is 38.8 Å². The zero-order valence-corrected chi connectivity index (χ0v) is 17.6. The van der Waals surface area contributed by atoms with Crippen LogP contribution in [-0.2, 0) is 16.6 Å². The number of nitrogens with one attached hydrogen (secondary N) is 1. The molecule has 154 valence electrons. The fourth-order valence-electron chi connectivity index (χ4n) is 2.74. The number of benzene rings is 2. The summed E-state index contributed by atoms with van der Waals surface area (Å²) in [5.41, 5.74) is 0.154. The van der Waals surface area contributed by atoms with Crippen molar-refractivity contribution in [3.05, 3.63) is 67.7 Å². The highest BCUT2D eigenvalue weighted by Crippen LogP contribution is 2.31. The predicted molar refractivity (Wildman–Crippen MR) is 109 cm³/mol. The molecule has 8 nitrogen and oxygen atoms in total. The molecular formula is C18H17Cl2N3O5S. The van der Waals surface area contributed by atoms with Crippen molar-refractivity contribution in [2.75, 3.05) is 7.05 Å². The fourth-order valence-corrected chi connectivity index (χ4v) is 4.90. The molecule has 1 aliphatic rings. The second kappa shape index (κ2) is 8.27. The van der Waals surface area contributed by atoms with Gasteiger partial charge >= 0.3 is 0 Å². The molecule has 2 aromatic rings. The number of nitro benzene ring substituents is 1. The fraction of sp³-hybridized carbons (Fsp3) is 0.278. The highest BCUT2D eigenvalue weighted by atomic mass is 35.5. The van der Waals surface area contributed by atoms with Gasteiger partial charge in [-0.25, -0.2) is 13.1 Å². The van der Waals surface area contributed by atoms with E-state index in [1.807, 2.05) is 0 Å². The molecule has 11 heteroatoms. The molecule has 0 heterocycles. The maximum atomic E-state index is 12.9. The first-order valence-corrected chi connectivity index (χ1v) is 10.8. The Morgan fingerprint density at radius 3 is 2.52 bits per heavy atom. The van der Waals surface area contributed by atoms with Gasteiger partial charge in [0.05, 0.1) is 27.1 Å². The summed E-state index contributed by atoms with van der Waals surface area (Å²) in [7, 11) is -2.46. The Morgan fingerprint density at radius 2 is 1.90 bits per heavy atom. The van der Waals surface area contributed by atoms with Crippen molar-refractivity contribution >= 4 is 44.8 Å². The van der Waals surface area contributed by atoms with E-state index < -0.39 is 20.9 Å². The Morgan fingerprint density at radius 1 is 1.24 bits per heavy atom. The summed E-state index contributed by atoms with van der Waals surface area (Å²) in [5.74, 6) is -0.590. The number of para-hydroxylation sites is 1. The molecule has 0 bridgehead atoms. The largest absolute Gasteiger partial charge is 0.337 e. The molecule has 3 rings (SSSR count). The monoisotopic (exact) mass is 457 g/mol. The third kappa shape index (κ3) is 4.87. The van der Waals surface area contributed by atoms with Crippen LogP contribution < -0.4 is 4.72 Å². The summed E-state index contributed by atoms with van der Waals surface area (Å²) >= 11 is 12.2. The van der Waals surface area contributed by atoms with E-state index in [9.17, 15) is 23.3 Å². The summed E-state index contributed by atoms with van der Waals surface area (Å²) in [4.78, 5) is 24.5. The van der Waals surface area contributed by atoms with Gasteiger partial charge in [-0.1, -0.05) is 41.4 Å². The molecule has 0 unspecified atom stereocenters. The highest BCUT2D eigenvalue weighted by molar-refractivity contribution is 7.89. The van der Waals surface area contributed by atoms with E-state index in [4.69, 9.17) is 23.2 Å². The maximum Gasteiger partial charge on any atom is 0.274 e. The van der Waals surface area contributed by atoms with Crippen LogP contribution in [0.25, 0.3) is 0 Å². The SMILES string of the molecule is CN(Cc1ccccc1[N+](=O)[O-])C(=O)c1cc(S(=O)(=O)NC2CC2)c(Cl)cc1Cl. The molecule has 0 atom stereocenters. The molecule has 0 spiro atoms. The number of nitrogens with zero attached hydrogens (tertiary/aromatic N) is 2. The van der Waals surface area contributed by atoms with Gasteiger partial charge in [-0.15, -0.1) is 0 Å². The quantitative estimate of drug-likeness (QED) is 0.504. The topological polar surface area (TPSA) is 110 Å². The third-order valence-corrected chi connectivity index (χ3v) is 6.68. The highest BCUT2D eigenvalue weighted by Gasteiger charge is 2.31. The number of amides is 1. The molecular weight excluding hydrogens is 441 g/mol. The van der Waals surface area contributed by atoms with Crippen molar-refractivity contribution < 1.29 is 18.1 Å². The average molecular weight is 458 g/mol. The lowest BCUT2D eigenvalue weighted by molar-refractivity contribution is -0.385. The molecule has 29 heavy (non-hydrogen) atoms. The first-order chi connectivity index (χ1) is 13.6. The number of sulfonamides is 1. The molecule has 0 radical (unpaired) electrons. The summed E-state index contributed by atoms with van der Waals surface area (Å²) in [6.45, 7) is -0.0582. The van der Waals surface area contributed by atoms with Crippen LogP contribution in [0.5, 0.6) is 0 Å². The van der Waals surface area contributed by atoms with Gasteiger partial charge in [0, 0.05) is 24.7 Å². The molecule has 1 saturated carbocycles. The predicted octanol–water partition coefficient (Wildman–Crippen LogP) is 3.61. The van der Waals surface area contributed by atoms with Gasteiger partial charge < -0.3 is 4.90 Å². The van der Waals surface area contributed by atoms with Crippen LogP contribution in [0.15, 0.2) is 41.3 Å². The number of carbonyl (C=O) groups is 1. The van der Waals surface area contributed by atoms with Crippen molar-refractivity contribution in [2.45, 2.75) is 30.3 Å². The van der Waals surface area contributed by atoms with Crippen LogP contribution in [0.4, 0.5) is 5.69 Å². The van der Waals surface area contributed by atoms with Crippen molar-refractivity contribution in [1.29, 1.82) is 0 Å². The first kappa shape index (κ1) is 21.5. The van der Waals surface area contributed by atoms with E-state index in [1.165, 1.54) is 30.1 Å². The van der Waals surface area contributed by atoms with Gasteiger partial charge in [0.1, 0.15) is 4.90 Å². The Bertz CT molecular complexity index is 1090. The van der Waals surface area contributed by atoms with E-state index in [0.29, 0.717) is 5.56 Å². The van der Waals surface area contributed by atoms with Gasteiger partial charge in [-0.05, 0) is 25.0 Å². The second-order valence-corrected chi connectivity index (χ2v) is 9.20. The van der Waals surface area contributed by atoms with Crippen LogP contribution in [0, 0.1) is 10.1 Å². The maximum absolute atomic E-state index is 12.9. The summed E-state index contributed by atoms with van der Waals surface area (Å²) in [6.07, 6.45) is 1.49. The van der Waals surface area contributed by atoms with Crippen LogP contribution >= 0.6 is 23.2 Å². The normalized spacial score (nSPS) is 13.9. The minimum atomic E-state index is -3.90. The standard InChI is InChI=1S/C18H17Cl2N3O5S/c1-22(10-11-4-2-3-5-16(11)23(25)26)18(24)13-8-17(15(20)9-14(13)19)29(27,28)21-12-6-7-12/h2-5,8-9,12,21H,6-7,10H2,1H3. The molecule has 1 fully saturated rings. The van der Waals surface area contributed by atoms with E-state index >= 15 is 0 Å². The lowest BCUT2D eigenvalue weighted by Crippen LogP contribution is -2.29. The van der Waals surface area contributed by atoms with Crippen LogP contribution in [0.1, 0.15) is 28.8 Å². The summed E-state index contributed by atoms with van der Waals surface area (Å²) in [5, 5.41) is 11.1. The van der Waals surface area contributed by atoms with E-state index in [2.05, 4.69) is 4.72 Å². The molecule has 1 amide bonds. The number of hydrogen-bond acceptors (Lipinski definition) is 5. The van der Waals surface area contributed by atoms with E-state index in [1.54, 1.807) is 12.1 Å². The molecule has 2 aromatic carbocycles. The molecule has 0 aromatic heterocycles. The number of hydrogen-bond donors (Lipinski definition) is 1. The smallest absolute Gasteiger partial charge is 0.274 e. The third-order valence-electron chi connectivity index (χ3n) is 4.38. The minimum absolute atomic E-state index is 0.0141. The summed E-state index contributed by atoms with van der Waals surface area (Å²) < 4.78 is 27.6. The first-order valence-electron chi connectivity index (χ1n) is 8.59. The van der Waals surface area contributed by atoms with Crippen molar-refractivity contribution in [2.24, 2.45) is 0 Å². The van der Waals surface area contributed by atoms with Gasteiger partial charge in [0.15, 0.2) is 0 Å². The van der Waals surface area contributed by atoms with Crippen molar-refractivity contribution in [3.8, 4) is 0 Å². The molecule has 0 aliphatic heterocycles. The molecule has 1 N–H and O–H groups in total.